The van der Waals surface area contributed by atoms with Crippen LogP contribution in [-0.2, 0) is 4.79 Å². The number of hydrogen-bond acceptors (Lipinski definition) is 4. The molecule has 1 aromatic rings. The monoisotopic (exact) mass is 297 g/mol. The summed E-state index contributed by atoms with van der Waals surface area (Å²) in [6.45, 7) is 7.85. The topological polar surface area (TPSA) is 87.7 Å². The van der Waals surface area contributed by atoms with E-state index >= 15 is 0 Å². The molecule has 1 heterocycles. The van der Waals surface area contributed by atoms with E-state index in [0.29, 0.717) is 0 Å². The largest absolute Gasteiger partial charge is 0.409 e. The molecular weight excluding hydrogens is 274 g/mol. The third kappa shape index (κ3) is 3.96. The number of oxime groups is 1. The summed E-state index contributed by atoms with van der Waals surface area (Å²) in [5.41, 5.74) is 5.63. The zero-order valence-corrected chi connectivity index (χ0v) is 13.1. The highest BCUT2D eigenvalue weighted by atomic mass is 32.1. The lowest BCUT2D eigenvalue weighted by molar-refractivity contribution is -0.125. The Morgan fingerprint density at radius 3 is 2.40 bits per heavy atom. The Kier molecular flexibility index (Phi) is 6.01. The lowest BCUT2D eigenvalue weighted by Gasteiger charge is -2.25. The summed E-state index contributed by atoms with van der Waals surface area (Å²) in [6.07, 6.45) is 0. The number of carbonyl (C=O) groups excluding carboxylic acids is 1. The molecule has 112 valence electrons. The maximum absolute atomic E-state index is 12.4. The summed E-state index contributed by atoms with van der Waals surface area (Å²) >= 11 is 1.61. The first-order chi connectivity index (χ1) is 9.38. The van der Waals surface area contributed by atoms with Crippen LogP contribution in [0.3, 0.4) is 0 Å². The van der Waals surface area contributed by atoms with Crippen LogP contribution in [0.2, 0.25) is 0 Å². The van der Waals surface area contributed by atoms with Crippen LogP contribution in [0.15, 0.2) is 22.7 Å². The summed E-state index contributed by atoms with van der Waals surface area (Å²) in [5.74, 6) is -0.658. The molecule has 1 aromatic heterocycles. The Hall–Kier alpha value is -1.56. The number of rotatable bonds is 6. The van der Waals surface area contributed by atoms with E-state index in [4.69, 9.17) is 10.9 Å². The smallest absolute Gasteiger partial charge is 0.231 e. The third-order valence-corrected chi connectivity index (χ3v) is 4.15. The van der Waals surface area contributed by atoms with Crippen molar-refractivity contribution in [3.05, 3.63) is 22.4 Å². The minimum atomic E-state index is -0.624. The molecule has 0 saturated heterocycles. The molecule has 2 unspecified atom stereocenters. The highest BCUT2D eigenvalue weighted by Gasteiger charge is 2.29. The molecule has 5 nitrogen and oxygen atoms in total. The molecule has 0 saturated carbocycles. The van der Waals surface area contributed by atoms with Gasteiger partial charge in [0, 0.05) is 4.88 Å². The summed E-state index contributed by atoms with van der Waals surface area (Å²) in [7, 11) is 0. The van der Waals surface area contributed by atoms with Gasteiger partial charge in [-0.2, -0.15) is 0 Å². The first-order valence-electron chi connectivity index (χ1n) is 6.69. The number of thiophene rings is 1. The van der Waals surface area contributed by atoms with E-state index in [9.17, 15) is 4.79 Å². The van der Waals surface area contributed by atoms with Crippen molar-refractivity contribution in [1.29, 1.82) is 0 Å². The van der Waals surface area contributed by atoms with Crippen LogP contribution in [0, 0.1) is 17.8 Å². The van der Waals surface area contributed by atoms with Gasteiger partial charge in [0.05, 0.1) is 6.04 Å². The van der Waals surface area contributed by atoms with E-state index in [1.165, 1.54) is 0 Å². The van der Waals surface area contributed by atoms with Crippen molar-refractivity contribution in [1.82, 2.24) is 5.32 Å². The van der Waals surface area contributed by atoms with Crippen molar-refractivity contribution in [2.24, 2.45) is 28.6 Å². The second-order valence-corrected chi connectivity index (χ2v) is 6.47. The van der Waals surface area contributed by atoms with Crippen molar-refractivity contribution in [2.75, 3.05) is 0 Å². The maximum atomic E-state index is 12.4. The van der Waals surface area contributed by atoms with Crippen molar-refractivity contribution in [2.45, 2.75) is 33.7 Å². The minimum absolute atomic E-state index is 0.0398. The van der Waals surface area contributed by atoms with Crippen LogP contribution >= 0.6 is 11.3 Å². The standard InChI is InChI=1S/C14H23N3O2S/c1-8(2)11(13(15)17-19)14(18)16-12(9(3)4)10-6-5-7-20-10/h5-9,11-12,19H,1-4H3,(H2,15,17)(H,16,18). The summed E-state index contributed by atoms with van der Waals surface area (Å²) in [5, 5.41) is 16.8. The molecule has 0 aliphatic carbocycles. The molecule has 2 atom stereocenters. The molecule has 20 heavy (non-hydrogen) atoms. The molecule has 0 fully saturated rings. The van der Waals surface area contributed by atoms with Crippen LogP contribution in [-0.4, -0.2) is 17.0 Å². The fourth-order valence-corrected chi connectivity index (χ4v) is 3.07. The summed E-state index contributed by atoms with van der Waals surface area (Å²) < 4.78 is 0. The average molecular weight is 297 g/mol. The van der Waals surface area contributed by atoms with Crippen molar-refractivity contribution in [3.8, 4) is 0 Å². The quantitative estimate of drug-likeness (QED) is 0.326. The van der Waals surface area contributed by atoms with Crippen molar-refractivity contribution >= 4 is 23.1 Å². The summed E-state index contributed by atoms with van der Waals surface area (Å²) in [6, 6.07) is 3.91. The van der Waals surface area contributed by atoms with Crippen LogP contribution < -0.4 is 11.1 Å². The zero-order chi connectivity index (χ0) is 15.3. The highest BCUT2D eigenvalue weighted by Crippen LogP contribution is 2.26. The molecular formula is C14H23N3O2S. The van der Waals surface area contributed by atoms with Gasteiger partial charge in [-0.15, -0.1) is 11.3 Å². The molecule has 4 N–H and O–H groups in total. The fraction of sp³-hybridized carbons (Fsp3) is 0.571. The predicted octanol–water partition coefficient (Wildman–Crippen LogP) is 2.58. The second kappa shape index (κ2) is 7.28. The van der Waals surface area contributed by atoms with Gasteiger partial charge < -0.3 is 16.3 Å². The lowest BCUT2D eigenvalue weighted by Crippen LogP contribution is -2.44. The van der Waals surface area contributed by atoms with Crippen LogP contribution in [0.5, 0.6) is 0 Å². The Morgan fingerprint density at radius 1 is 1.35 bits per heavy atom. The molecule has 0 bridgehead atoms. The van der Waals surface area contributed by atoms with E-state index in [1.807, 2.05) is 31.4 Å². The van der Waals surface area contributed by atoms with Gasteiger partial charge in [0.15, 0.2) is 5.84 Å². The van der Waals surface area contributed by atoms with Crippen LogP contribution in [0.1, 0.15) is 38.6 Å². The molecule has 1 rings (SSSR count). The van der Waals surface area contributed by atoms with Gasteiger partial charge in [-0.05, 0) is 23.3 Å². The minimum Gasteiger partial charge on any atom is -0.409 e. The van der Waals surface area contributed by atoms with Crippen LogP contribution in [0.4, 0.5) is 0 Å². The number of nitrogens with one attached hydrogen (secondary N) is 1. The van der Waals surface area contributed by atoms with Gasteiger partial charge in [0.2, 0.25) is 5.91 Å². The van der Waals surface area contributed by atoms with Gasteiger partial charge in [0.1, 0.15) is 5.92 Å². The SMILES string of the molecule is CC(C)C(C(=O)NC(c1cccs1)C(C)C)C(N)=NO. The number of hydrogen-bond donors (Lipinski definition) is 3. The van der Waals surface area contributed by atoms with Gasteiger partial charge in [-0.3, -0.25) is 4.79 Å². The predicted molar refractivity (Wildman–Crippen MR) is 81.8 cm³/mol. The molecule has 0 radical (unpaired) electrons. The van der Waals surface area contributed by atoms with Gasteiger partial charge >= 0.3 is 0 Å². The van der Waals surface area contributed by atoms with Gasteiger partial charge in [-0.25, -0.2) is 0 Å². The maximum Gasteiger partial charge on any atom is 0.231 e. The van der Waals surface area contributed by atoms with E-state index in [1.54, 1.807) is 11.3 Å². The number of nitrogens with zero attached hydrogens (tertiary/aromatic N) is 1. The Bertz CT molecular complexity index is 455. The van der Waals surface area contributed by atoms with E-state index in [-0.39, 0.29) is 29.6 Å². The molecule has 6 heteroatoms. The first kappa shape index (κ1) is 16.5. The lowest BCUT2D eigenvalue weighted by atomic mass is 9.92. The molecule has 1 amide bonds. The Labute approximate surface area is 123 Å². The van der Waals surface area contributed by atoms with E-state index < -0.39 is 5.92 Å². The zero-order valence-electron chi connectivity index (χ0n) is 12.3. The van der Waals surface area contributed by atoms with Gasteiger partial charge in [-0.1, -0.05) is 38.9 Å². The van der Waals surface area contributed by atoms with E-state index in [2.05, 4.69) is 24.3 Å². The second-order valence-electron chi connectivity index (χ2n) is 5.49. The van der Waals surface area contributed by atoms with Crippen molar-refractivity contribution in [3.63, 3.8) is 0 Å². The fourth-order valence-electron chi connectivity index (χ4n) is 2.12. The van der Waals surface area contributed by atoms with Gasteiger partial charge in [0.25, 0.3) is 0 Å². The van der Waals surface area contributed by atoms with E-state index in [0.717, 1.165) is 4.88 Å². The first-order valence-corrected chi connectivity index (χ1v) is 7.57. The number of carbonyl (C=O) groups is 1. The molecule has 0 aliphatic heterocycles. The molecule has 0 aliphatic rings. The Balaban J connectivity index is 2.90. The third-order valence-electron chi connectivity index (χ3n) is 3.20. The average Bonchev–Trinajstić information content (AvgIpc) is 2.88. The number of amidine groups is 1. The molecule has 0 aromatic carbocycles. The number of amides is 1. The Morgan fingerprint density at radius 2 is 2.00 bits per heavy atom. The number of nitrogens with two attached hydrogens (primary N) is 1. The highest BCUT2D eigenvalue weighted by molar-refractivity contribution is 7.10. The summed E-state index contributed by atoms with van der Waals surface area (Å²) in [4.78, 5) is 13.5. The molecule has 0 spiro atoms. The normalized spacial score (nSPS) is 15.4. The van der Waals surface area contributed by atoms with Crippen molar-refractivity contribution < 1.29 is 10.0 Å². The van der Waals surface area contributed by atoms with Crippen LogP contribution in [0.25, 0.3) is 0 Å².